The largest absolute Gasteiger partial charge is 0.494 e. The Labute approximate surface area is 115 Å². The number of rotatable bonds is 3. The molecular weight excluding hydrogens is 256 g/mol. The van der Waals surface area contributed by atoms with Crippen molar-refractivity contribution < 1.29 is 9.53 Å². The maximum atomic E-state index is 11.5. The van der Waals surface area contributed by atoms with E-state index in [4.69, 9.17) is 4.74 Å². The van der Waals surface area contributed by atoms with Crippen LogP contribution in [0.25, 0.3) is 20.2 Å². The lowest BCUT2D eigenvalue weighted by molar-refractivity contribution is 0.101. The molecule has 0 aliphatic carbocycles. The number of carbonyl (C=O) groups excluding carboxylic acids is 1. The fraction of sp³-hybridized carbons (Fsp3) is 0.188. The Balaban J connectivity index is 2.28. The van der Waals surface area contributed by atoms with Gasteiger partial charge < -0.3 is 4.74 Å². The van der Waals surface area contributed by atoms with Crippen LogP contribution in [0, 0.1) is 0 Å². The third-order valence-electron chi connectivity index (χ3n) is 3.16. The van der Waals surface area contributed by atoms with Gasteiger partial charge >= 0.3 is 0 Å². The van der Waals surface area contributed by atoms with Crippen LogP contribution in [-0.4, -0.2) is 12.4 Å². The van der Waals surface area contributed by atoms with E-state index < -0.39 is 0 Å². The minimum atomic E-state index is 0.0993. The fourth-order valence-electron chi connectivity index (χ4n) is 2.23. The van der Waals surface area contributed by atoms with Gasteiger partial charge in [-0.05, 0) is 50.2 Å². The first-order valence-electron chi connectivity index (χ1n) is 6.29. The summed E-state index contributed by atoms with van der Waals surface area (Å²) in [5.41, 5.74) is 0.758. The lowest BCUT2D eigenvalue weighted by atomic mass is 10.1. The van der Waals surface area contributed by atoms with Crippen molar-refractivity contribution in [1.29, 1.82) is 0 Å². The van der Waals surface area contributed by atoms with Crippen molar-refractivity contribution in [3.05, 3.63) is 42.0 Å². The summed E-state index contributed by atoms with van der Waals surface area (Å²) < 4.78 is 7.97. The number of benzene rings is 2. The van der Waals surface area contributed by atoms with Crippen LogP contribution in [0.15, 0.2) is 36.4 Å². The number of hydrogen-bond donors (Lipinski definition) is 0. The summed E-state index contributed by atoms with van der Waals surface area (Å²) in [6.45, 7) is 4.23. The van der Waals surface area contributed by atoms with Gasteiger partial charge in [0.15, 0.2) is 5.78 Å². The number of ether oxygens (including phenoxy) is 1. The SMILES string of the molecule is CCOc1ccc2sc3ccc(C(C)=O)cc3c2c1. The summed E-state index contributed by atoms with van der Waals surface area (Å²) in [6, 6.07) is 12.0. The molecule has 0 spiro atoms. The van der Waals surface area contributed by atoms with E-state index in [2.05, 4.69) is 12.1 Å². The van der Waals surface area contributed by atoms with Crippen LogP contribution in [0.3, 0.4) is 0 Å². The van der Waals surface area contributed by atoms with Crippen molar-refractivity contribution in [2.45, 2.75) is 13.8 Å². The van der Waals surface area contributed by atoms with Crippen LogP contribution in [0.1, 0.15) is 24.2 Å². The highest BCUT2D eigenvalue weighted by Crippen LogP contribution is 2.36. The Hall–Kier alpha value is -1.87. The van der Waals surface area contributed by atoms with E-state index in [0.29, 0.717) is 6.61 Å². The van der Waals surface area contributed by atoms with Crippen LogP contribution < -0.4 is 4.74 Å². The standard InChI is InChI=1S/C16H14O2S/c1-3-18-12-5-7-16-14(9-12)13-8-11(10(2)17)4-6-15(13)19-16/h4-9H,3H2,1-2H3. The van der Waals surface area contributed by atoms with Crippen LogP contribution in [0.5, 0.6) is 5.75 Å². The Bertz CT molecular complexity index is 771. The number of ketones is 1. The summed E-state index contributed by atoms with van der Waals surface area (Å²) in [4.78, 5) is 11.5. The number of fused-ring (bicyclic) bond motifs is 3. The van der Waals surface area contributed by atoms with Crippen molar-refractivity contribution >= 4 is 37.3 Å². The molecule has 1 heterocycles. The van der Waals surface area contributed by atoms with Gasteiger partial charge in [-0.15, -0.1) is 11.3 Å². The zero-order chi connectivity index (χ0) is 13.4. The van der Waals surface area contributed by atoms with Crippen LogP contribution >= 0.6 is 11.3 Å². The number of Topliss-reactive ketones (excluding diaryl/α,β-unsaturated/α-hetero) is 1. The van der Waals surface area contributed by atoms with Crippen molar-refractivity contribution in [3.63, 3.8) is 0 Å². The van der Waals surface area contributed by atoms with Gasteiger partial charge in [-0.3, -0.25) is 4.79 Å². The van der Waals surface area contributed by atoms with E-state index in [0.717, 1.165) is 22.1 Å². The molecule has 0 saturated carbocycles. The summed E-state index contributed by atoms with van der Waals surface area (Å²) in [7, 11) is 0. The van der Waals surface area contributed by atoms with E-state index in [1.165, 1.54) is 9.40 Å². The second kappa shape index (κ2) is 4.67. The molecule has 2 aromatic carbocycles. The van der Waals surface area contributed by atoms with Gasteiger partial charge in [-0.25, -0.2) is 0 Å². The third-order valence-corrected chi connectivity index (χ3v) is 4.31. The molecule has 0 radical (unpaired) electrons. The average molecular weight is 270 g/mol. The second-order valence-corrected chi connectivity index (χ2v) is 5.54. The Morgan fingerprint density at radius 1 is 1.11 bits per heavy atom. The first-order valence-corrected chi connectivity index (χ1v) is 7.10. The normalized spacial score (nSPS) is 11.1. The average Bonchev–Trinajstić information content (AvgIpc) is 2.76. The molecule has 0 aliphatic heterocycles. The van der Waals surface area contributed by atoms with Crippen molar-refractivity contribution in [3.8, 4) is 5.75 Å². The molecule has 1 aromatic heterocycles. The predicted molar refractivity (Wildman–Crippen MR) is 80.5 cm³/mol. The zero-order valence-electron chi connectivity index (χ0n) is 10.9. The quantitative estimate of drug-likeness (QED) is 0.647. The summed E-state index contributed by atoms with van der Waals surface area (Å²) in [6.07, 6.45) is 0. The van der Waals surface area contributed by atoms with Gasteiger partial charge in [0.2, 0.25) is 0 Å². The van der Waals surface area contributed by atoms with E-state index in [1.54, 1.807) is 18.3 Å². The molecule has 0 unspecified atom stereocenters. The molecule has 96 valence electrons. The molecule has 3 heteroatoms. The summed E-state index contributed by atoms with van der Waals surface area (Å²) in [5.74, 6) is 0.977. The zero-order valence-corrected chi connectivity index (χ0v) is 11.7. The highest BCUT2D eigenvalue weighted by atomic mass is 32.1. The molecule has 0 saturated heterocycles. The Morgan fingerprint density at radius 3 is 2.47 bits per heavy atom. The number of carbonyl (C=O) groups is 1. The molecule has 0 bridgehead atoms. The minimum absolute atomic E-state index is 0.0993. The van der Waals surface area contributed by atoms with E-state index in [-0.39, 0.29) is 5.78 Å². The van der Waals surface area contributed by atoms with Crippen molar-refractivity contribution in [2.24, 2.45) is 0 Å². The molecule has 0 N–H and O–H groups in total. The molecule has 0 atom stereocenters. The Morgan fingerprint density at radius 2 is 1.79 bits per heavy atom. The van der Waals surface area contributed by atoms with E-state index in [1.807, 2.05) is 31.2 Å². The monoisotopic (exact) mass is 270 g/mol. The van der Waals surface area contributed by atoms with Gasteiger partial charge in [0.1, 0.15) is 5.75 Å². The smallest absolute Gasteiger partial charge is 0.159 e. The molecule has 0 aliphatic rings. The molecule has 0 fully saturated rings. The fourth-order valence-corrected chi connectivity index (χ4v) is 3.30. The van der Waals surface area contributed by atoms with Gasteiger partial charge in [0, 0.05) is 25.7 Å². The molecule has 3 aromatic rings. The van der Waals surface area contributed by atoms with Crippen LogP contribution in [0.4, 0.5) is 0 Å². The van der Waals surface area contributed by atoms with Gasteiger partial charge in [0.05, 0.1) is 6.61 Å². The maximum Gasteiger partial charge on any atom is 0.159 e. The number of hydrogen-bond acceptors (Lipinski definition) is 3. The summed E-state index contributed by atoms with van der Waals surface area (Å²) in [5, 5.41) is 2.29. The van der Waals surface area contributed by atoms with Crippen molar-refractivity contribution in [1.82, 2.24) is 0 Å². The molecule has 3 rings (SSSR count). The van der Waals surface area contributed by atoms with Crippen molar-refractivity contribution in [2.75, 3.05) is 6.61 Å². The lowest BCUT2D eigenvalue weighted by Crippen LogP contribution is -1.91. The summed E-state index contributed by atoms with van der Waals surface area (Å²) >= 11 is 1.74. The molecule has 2 nitrogen and oxygen atoms in total. The van der Waals surface area contributed by atoms with Gasteiger partial charge in [0.25, 0.3) is 0 Å². The van der Waals surface area contributed by atoms with Gasteiger partial charge in [-0.2, -0.15) is 0 Å². The lowest BCUT2D eigenvalue weighted by Gasteiger charge is -2.02. The highest BCUT2D eigenvalue weighted by molar-refractivity contribution is 7.25. The molecule has 0 amide bonds. The second-order valence-electron chi connectivity index (χ2n) is 4.46. The molecule has 19 heavy (non-hydrogen) atoms. The van der Waals surface area contributed by atoms with Crippen LogP contribution in [-0.2, 0) is 0 Å². The van der Waals surface area contributed by atoms with E-state index >= 15 is 0 Å². The topological polar surface area (TPSA) is 26.3 Å². The van der Waals surface area contributed by atoms with Crippen LogP contribution in [0.2, 0.25) is 0 Å². The van der Waals surface area contributed by atoms with Gasteiger partial charge in [-0.1, -0.05) is 0 Å². The first kappa shape index (κ1) is 12.2. The maximum absolute atomic E-state index is 11.5. The Kier molecular flexibility index (Phi) is 2.99. The highest BCUT2D eigenvalue weighted by Gasteiger charge is 2.08. The molecular formula is C16H14O2S. The third kappa shape index (κ3) is 2.10. The minimum Gasteiger partial charge on any atom is -0.494 e. The number of thiophene rings is 1. The predicted octanol–water partition coefficient (Wildman–Crippen LogP) is 4.66. The first-order chi connectivity index (χ1) is 9.19. The van der Waals surface area contributed by atoms with E-state index in [9.17, 15) is 4.79 Å².